The van der Waals surface area contributed by atoms with Crippen molar-refractivity contribution in [2.75, 3.05) is 0 Å². The molecular formula is C22H30O4. The van der Waals surface area contributed by atoms with Crippen molar-refractivity contribution >= 4 is 11.8 Å². The number of cyclic esters (lactones) is 1. The number of esters is 1. The van der Waals surface area contributed by atoms with Crippen molar-refractivity contribution in [2.45, 2.75) is 83.8 Å². The maximum absolute atomic E-state index is 12.1. The number of carbonyl (C=O) groups is 2. The van der Waals surface area contributed by atoms with E-state index >= 15 is 0 Å². The first-order valence-electron chi connectivity index (χ1n) is 9.88. The number of Topliss-reactive ketones (excluding diaryl/α,β-unsaturated/α-hetero) is 1. The van der Waals surface area contributed by atoms with E-state index < -0.39 is 5.60 Å². The van der Waals surface area contributed by atoms with Crippen molar-refractivity contribution in [3.63, 3.8) is 0 Å². The Morgan fingerprint density at radius 1 is 1.23 bits per heavy atom. The molecule has 2 fully saturated rings. The van der Waals surface area contributed by atoms with E-state index in [-0.39, 0.29) is 24.3 Å². The highest BCUT2D eigenvalue weighted by molar-refractivity contribution is 5.98. The van der Waals surface area contributed by atoms with Crippen LogP contribution in [-0.2, 0) is 20.7 Å². The molecule has 0 radical (unpaired) electrons. The molecule has 1 saturated carbocycles. The Labute approximate surface area is 156 Å². The van der Waals surface area contributed by atoms with Crippen molar-refractivity contribution in [3.05, 3.63) is 29.3 Å². The van der Waals surface area contributed by atoms with Gasteiger partial charge in [-0.25, -0.2) is 0 Å². The lowest BCUT2D eigenvalue weighted by Crippen LogP contribution is -2.48. The first-order valence-corrected chi connectivity index (χ1v) is 9.88. The van der Waals surface area contributed by atoms with E-state index in [1.807, 2.05) is 19.9 Å². The molecule has 3 rings (SSSR count). The molecule has 1 saturated heterocycles. The van der Waals surface area contributed by atoms with Gasteiger partial charge in [0.05, 0.1) is 6.10 Å². The lowest BCUT2D eigenvalue weighted by atomic mass is 9.76. The molecule has 1 aromatic carbocycles. The summed E-state index contributed by atoms with van der Waals surface area (Å²) in [5, 5.41) is 0. The molecule has 0 bridgehead atoms. The highest BCUT2D eigenvalue weighted by Crippen LogP contribution is 2.44. The van der Waals surface area contributed by atoms with Crippen molar-refractivity contribution in [3.8, 4) is 5.75 Å². The summed E-state index contributed by atoms with van der Waals surface area (Å²) in [5.74, 6) is 0.920. The van der Waals surface area contributed by atoms with Gasteiger partial charge < -0.3 is 9.47 Å². The van der Waals surface area contributed by atoms with Gasteiger partial charge in [-0.05, 0) is 69.6 Å². The molecule has 4 nitrogen and oxygen atoms in total. The van der Waals surface area contributed by atoms with Gasteiger partial charge in [0, 0.05) is 6.42 Å². The number of benzene rings is 1. The Balaban J connectivity index is 1.74. The highest BCUT2D eigenvalue weighted by atomic mass is 16.6. The monoisotopic (exact) mass is 358 g/mol. The molecule has 0 aromatic heterocycles. The zero-order chi connectivity index (χ0) is 18.7. The minimum Gasteiger partial charge on any atom is -0.491 e. The summed E-state index contributed by atoms with van der Waals surface area (Å²) < 4.78 is 11.7. The average Bonchev–Trinajstić information content (AvgIpc) is 3.09. The molecule has 4 heteroatoms. The number of hydrogen-bond donors (Lipinski definition) is 0. The number of ketones is 1. The van der Waals surface area contributed by atoms with Gasteiger partial charge in [0.2, 0.25) is 0 Å². The quantitative estimate of drug-likeness (QED) is 0.553. The summed E-state index contributed by atoms with van der Waals surface area (Å²) in [6.07, 6.45) is 6.45. The molecule has 1 atom stereocenters. The number of carbonyl (C=O) groups excluding carboxylic acids is 2. The number of aryl methyl sites for hydroxylation is 2. The molecule has 1 heterocycles. The smallest absolute Gasteiger partial charge is 0.313 e. The number of ether oxygens (including phenoxy) is 2. The first kappa shape index (κ1) is 18.9. The van der Waals surface area contributed by atoms with Crippen LogP contribution < -0.4 is 4.74 Å². The van der Waals surface area contributed by atoms with E-state index in [0.717, 1.165) is 37.0 Å². The first-order chi connectivity index (χ1) is 12.4. The van der Waals surface area contributed by atoms with Crippen LogP contribution >= 0.6 is 0 Å². The van der Waals surface area contributed by atoms with Gasteiger partial charge in [0.25, 0.3) is 0 Å². The van der Waals surface area contributed by atoms with Gasteiger partial charge in [-0.1, -0.05) is 25.0 Å². The van der Waals surface area contributed by atoms with Gasteiger partial charge >= 0.3 is 5.97 Å². The molecule has 26 heavy (non-hydrogen) atoms. The molecule has 0 spiro atoms. The molecule has 2 aliphatic rings. The summed E-state index contributed by atoms with van der Waals surface area (Å²) in [6, 6.07) is 6.25. The van der Waals surface area contributed by atoms with Gasteiger partial charge in [-0.3, -0.25) is 9.59 Å². The average molecular weight is 358 g/mol. The molecule has 1 aliphatic heterocycles. The standard InChI is InChI=1S/C22H30O4/c1-15(2)25-20-9-8-17(12-16(20)3)10-11-22(18-6-4-5-7-18)14-19(23)13-21(24)26-22/h8-9,12,15,18H,4-7,10-11,13-14H2,1-3H3. The van der Waals surface area contributed by atoms with Crippen LogP contribution in [0.1, 0.15) is 69.9 Å². The predicted molar refractivity (Wildman–Crippen MR) is 100 cm³/mol. The lowest BCUT2D eigenvalue weighted by molar-refractivity contribution is -0.178. The summed E-state index contributed by atoms with van der Waals surface area (Å²) >= 11 is 0. The Morgan fingerprint density at radius 2 is 1.96 bits per heavy atom. The molecule has 0 amide bonds. The second kappa shape index (κ2) is 7.81. The maximum Gasteiger partial charge on any atom is 0.313 e. The Kier molecular flexibility index (Phi) is 5.69. The maximum atomic E-state index is 12.1. The third kappa shape index (κ3) is 4.28. The highest BCUT2D eigenvalue weighted by Gasteiger charge is 2.47. The zero-order valence-corrected chi connectivity index (χ0v) is 16.2. The van der Waals surface area contributed by atoms with E-state index in [2.05, 4.69) is 19.1 Å². The summed E-state index contributed by atoms with van der Waals surface area (Å²) in [6.45, 7) is 6.10. The molecule has 1 aliphatic carbocycles. The van der Waals surface area contributed by atoms with E-state index in [9.17, 15) is 9.59 Å². The van der Waals surface area contributed by atoms with Gasteiger partial charge in [0.15, 0.2) is 0 Å². The van der Waals surface area contributed by atoms with Crippen LogP contribution in [0.15, 0.2) is 18.2 Å². The van der Waals surface area contributed by atoms with Crippen molar-refractivity contribution in [2.24, 2.45) is 5.92 Å². The molecule has 1 aromatic rings. The van der Waals surface area contributed by atoms with Crippen LogP contribution in [0.5, 0.6) is 5.75 Å². The second-order valence-electron chi connectivity index (χ2n) is 8.18. The second-order valence-corrected chi connectivity index (χ2v) is 8.18. The van der Waals surface area contributed by atoms with Gasteiger partial charge in [-0.2, -0.15) is 0 Å². The fourth-order valence-electron chi connectivity index (χ4n) is 4.49. The largest absolute Gasteiger partial charge is 0.491 e. The zero-order valence-electron chi connectivity index (χ0n) is 16.2. The summed E-state index contributed by atoms with van der Waals surface area (Å²) in [5.41, 5.74) is 1.72. The predicted octanol–water partition coefficient (Wildman–Crippen LogP) is 4.55. The fraction of sp³-hybridized carbons (Fsp3) is 0.636. The fourth-order valence-corrected chi connectivity index (χ4v) is 4.49. The normalized spacial score (nSPS) is 24.2. The van der Waals surface area contributed by atoms with E-state index in [1.165, 1.54) is 18.4 Å². The Bertz CT molecular complexity index is 655. The van der Waals surface area contributed by atoms with Crippen LogP contribution in [0.4, 0.5) is 0 Å². The molecule has 1 unspecified atom stereocenters. The van der Waals surface area contributed by atoms with Crippen molar-refractivity contribution in [1.29, 1.82) is 0 Å². The van der Waals surface area contributed by atoms with Crippen molar-refractivity contribution < 1.29 is 19.1 Å². The number of hydrogen-bond acceptors (Lipinski definition) is 4. The topological polar surface area (TPSA) is 52.6 Å². The minimum atomic E-state index is -0.593. The van der Waals surface area contributed by atoms with Crippen molar-refractivity contribution in [1.82, 2.24) is 0 Å². The minimum absolute atomic E-state index is 0.0324. The van der Waals surface area contributed by atoms with E-state index in [1.54, 1.807) is 0 Å². The Morgan fingerprint density at radius 3 is 2.58 bits per heavy atom. The van der Waals surface area contributed by atoms with Crippen LogP contribution in [0, 0.1) is 12.8 Å². The van der Waals surface area contributed by atoms with Gasteiger partial charge in [0.1, 0.15) is 23.6 Å². The molecular weight excluding hydrogens is 328 g/mol. The lowest BCUT2D eigenvalue weighted by Gasteiger charge is -2.41. The van der Waals surface area contributed by atoms with Crippen LogP contribution in [0.25, 0.3) is 0 Å². The SMILES string of the molecule is Cc1cc(CCC2(C3CCCC3)CC(=O)CC(=O)O2)ccc1OC(C)C. The Hall–Kier alpha value is -1.84. The van der Waals surface area contributed by atoms with Crippen LogP contribution in [0.3, 0.4) is 0 Å². The third-order valence-corrected chi connectivity index (χ3v) is 5.69. The molecule has 142 valence electrons. The summed E-state index contributed by atoms with van der Waals surface area (Å²) in [4.78, 5) is 24.1. The summed E-state index contributed by atoms with van der Waals surface area (Å²) in [7, 11) is 0. The number of rotatable bonds is 6. The molecule has 0 N–H and O–H groups in total. The van der Waals surface area contributed by atoms with Crippen LogP contribution in [-0.4, -0.2) is 23.5 Å². The van der Waals surface area contributed by atoms with E-state index in [4.69, 9.17) is 9.47 Å². The third-order valence-electron chi connectivity index (χ3n) is 5.69. The van der Waals surface area contributed by atoms with Crippen LogP contribution in [0.2, 0.25) is 0 Å². The van der Waals surface area contributed by atoms with E-state index in [0.29, 0.717) is 12.3 Å². The van der Waals surface area contributed by atoms with Gasteiger partial charge in [-0.15, -0.1) is 0 Å².